The van der Waals surface area contributed by atoms with E-state index in [0.717, 1.165) is 31.3 Å². The van der Waals surface area contributed by atoms with Crippen LogP contribution in [-0.2, 0) is 4.79 Å². The van der Waals surface area contributed by atoms with Gasteiger partial charge in [0.25, 0.3) is 0 Å². The molecule has 0 aromatic heterocycles. The van der Waals surface area contributed by atoms with E-state index in [-0.39, 0.29) is 0 Å². The molecule has 3 unspecified atom stereocenters. The number of fused-ring (bicyclic) bond motifs is 1. The first-order valence-corrected chi connectivity index (χ1v) is 6.23. The van der Waals surface area contributed by atoms with Gasteiger partial charge in [-0.05, 0) is 44.1 Å². The third kappa shape index (κ3) is 1.67. The highest BCUT2D eigenvalue weighted by Crippen LogP contribution is 2.54. The minimum absolute atomic E-state index is 0.361. The summed E-state index contributed by atoms with van der Waals surface area (Å²) in [4.78, 5) is 14.2. The second-order valence-corrected chi connectivity index (χ2v) is 5.52. The summed E-state index contributed by atoms with van der Waals surface area (Å²) in [7, 11) is 1.99. The van der Waals surface area contributed by atoms with Crippen molar-refractivity contribution in [3.63, 3.8) is 0 Å². The Morgan fingerprint density at radius 3 is 2.60 bits per heavy atom. The van der Waals surface area contributed by atoms with Gasteiger partial charge in [-0.2, -0.15) is 0 Å². The van der Waals surface area contributed by atoms with E-state index in [2.05, 4.69) is 5.32 Å². The van der Waals surface area contributed by atoms with Gasteiger partial charge >= 0.3 is 0 Å². The van der Waals surface area contributed by atoms with Crippen LogP contribution in [0.3, 0.4) is 0 Å². The Labute approximate surface area is 91.2 Å². The lowest BCUT2D eigenvalue weighted by Gasteiger charge is -2.27. The van der Waals surface area contributed by atoms with E-state index in [1.165, 1.54) is 19.3 Å². The standard InChI is InChI=1S/C12H20N2O/c1-14(11-2-3-13-7-11)12(15)10-5-8-4-9(8)6-10/h8-11,13H,2-7H2,1H3. The van der Waals surface area contributed by atoms with Gasteiger partial charge in [0.05, 0.1) is 0 Å². The molecule has 84 valence electrons. The molecule has 3 atom stereocenters. The average Bonchev–Trinajstić information content (AvgIpc) is 2.77. The molecule has 1 saturated heterocycles. The summed E-state index contributed by atoms with van der Waals surface area (Å²) in [5, 5.41) is 3.32. The second kappa shape index (κ2) is 3.48. The summed E-state index contributed by atoms with van der Waals surface area (Å²) >= 11 is 0. The molecule has 0 aromatic rings. The molecule has 3 nitrogen and oxygen atoms in total. The van der Waals surface area contributed by atoms with Gasteiger partial charge in [0, 0.05) is 25.6 Å². The molecule has 1 N–H and O–H groups in total. The lowest BCUT2D eigenvalue weighted by Crippen LogP contribution is -2.41. The van der Waals surface area contributed by atoms with Gasteiger partial charge in [0.1, 0.15) is 0 Å². The highest BCUT2D eigenvalue weighted by Gasteiger charge is 2.48. The molecule has 0 spiro atoms. The first-order chi connectivity index (χ1) is 7.25. The number of likely N-dealkylation sites (N-methyl/N-ethyl adjacent to an activating group) is 1. The topological polar surface area (TPSA) is 32.3 Å². The molecule has 3 heteroatoms. The maximum absolute atomic E-state index is 12.2. The molecule has 1 amide bonds. The van der Waals surface area contributed by atoms with Gasteiger partial charge in [0.15, 0.2) is 0 Å². The normalized spacial score (nSPS) is 42.7. The summed E-state index contributed by atoms with van der Waals surface area (Å²) in [6.45, 7) is 2.06. The second-order valence-electron chi connectivity index (χ2n) is 5.52. The molecule has 2 saturated carbocycles. The first kappa shape index (κ1) is 9.64. The molecule has 1 aliphatic heterocycles. The lowest BCUT2D eigenvalue weighted by molar-refractivity contribution is -0.136. The van der Waals surface area contributed by atoms with Crippen LogP contribution in [0.1, 0.15) is 25.7 Å². The SMILES string of the molecule is CN(C(=O)C1CC2CC2C1)C1CCNC1. The van der Waals surface area contributed by atoms with Crippen LogP contribution < -0.4 is 5.32 Å². The maximum Gasteiger partial charge on any atom is 0.225 e. The molecule has 0 aromatic carbocycles. The zero-order valence-electron chi connectivity index (χ0n) is 9.41. The molecule has 2 aliphatic carbocycles. The number of hydrogen-bond acceptors (Lipinski definition) is 2. The van der Waals surface area contributed by atoms with E-state index in [0.29, 0.717) is 17.9 Å². The Kier molecular flexibility index (Phi) is 2.23. The van der Waals surface area contributed by atoms with Crippen molar-refractivity contribution < 1.29 is 4.79 Å². The minimum atomic E-state index is 0.361. The van der Waals surface area contributed by atoms with Crippen LogP contribution in [0, 0.1) is 17.8 Å². The number of rotatable bonds is 2. The largest absolute Gasteiger partial charge is 0.341 e. The fourth-order valence-corrected chi connectivity index (χ4v) is 3.35. The van der Waals surface area contributed by atoms with Crippen molar-refractivity contribution in [2.24, 2.45) is 17.8 Å². The van der Waals surface area contributed by atoms with E-state index >= 15 is 0 Å². The van der Waals surface area contributed by atoms with Crippen LogP contribution in [-0.4, -0.2) is 37.0 Å². The lowest BCUT2D eigenvalue weighted by atomic mass is 10.0. The van der Waals surface area contributed by atoms with Crippen LogP contribution in [0.25, 0.3) is 0 Å². The molecular weight excluding hydrogens is 188 g/mol. The van der Waals surface area contributed by atoms with Gasteiger partial charge in [-0.15, -0.1) is 0 Å². The van der Waals surface area contributed by atoms with E-state index in [9.17, 15) is 4.79 Å². The number of nitrogens with one attached hydrogen (secondary N) is 1. The molecular formula is C12H20N2O. The van der Waals surface area contributed by atoms with Gasteiger partial charge in [-0.1, -0.05) is 0 Å². The third-order valence-corrected chi connectivity index (χ3v) is 4.52. The van der Waals surface area contributed by atoms with Crippen molar-refractivity contribution in [2.75, 3.05) is 20.1 Å². The van der Waals surface area contributed by atoms with Gasteiger partial charge < -0.3 is 10.2 Å². The number of amides is 1. The van der Waals surface area contributed by atoms with Crippen molar-refractivity contribution in [2.45, 2.75) is 31.7 Å². The van der Waals surface area contributed by atoms with Crippen LogP contribution in [0.5, 0.6) is 0 Å². The fraction of sp³-hybridized carbons (Fsp3) is 0.917. The maximum atomic E-state index is 12.2. The Bertz CT molecular complexity index is 263. The van der Waals surface area contributed by atoms with E-state index in [4.69, 9.17) is 0 Å². The van der Waals surface area contributed by atoms with Gasteiger partial charge in [-0.3, -0.25) is 4.79 Å². The summed E-state index contributed by atoms with van der Waals surface area (Å²) in [6.07, 6.45) is 4.88. The van der Waals surface area contributed by atoms with Crippen molar-refractivity contribution in [3.8, 4) is 0 Å². The summed E-state index contributed by atoms with van der Waals surface area (Å²) < 4.78 is 0. The molecule has 3 fully saturated rings. The van der Waals surface area contributed by atoms with Gasteiger partial charge in [0.2, 0.25) is 5.91 Å². The number of nitrogens with zero attached hydrogens (tertiary/aromatic N) is 1. The Morgan fingerprint density at radius 1 is 1.27 bits per heavy atom. The summed E-state index contributed by atoms with van der Waals surface area (Å²) in [5.74, 6) is 2.60. The molecule has 3 rings (SSSR count). The van der Waals surface area contributed by atoms with E-state index in [1.807, 2.05) is 11.9 Å². The minimum Gasteiger partial charge on any atom is -0.341 e. The molecule has 3 aliphatic rings. The molecule has 15 heavy (non-hydrogen) atoms. The van der Waals surface area contributed by atoms with Crippen LogP contribution in [0.4, 0.5) is 0 Å². The number of hydrogen-bond donors (Lipinski definition) is 1. The first-order valence-electron chi connectivity index (χ1n) is 6.23. The predicted octanol–water partition coefficient (Wildman–Crippen LogP) is 0.853. The molecule has 0 bridgehead atoms. The highest BCUT2D eigenvalue weighted by molar-refractivity contribution is 5.79. The zero-order valence-corrected chi connectivity index (χ0v) is 9.41. The number of carbonyl (C=O) groups is 1. The molecule has 1 heterocycles. The van der Waals surface area contributed by atoms with Crippen molar-refractivity contribution >= 4 is 5.91 Å². The van der Waals surface area contributed by atoms with E-state index < -0.39 is 0 Å². The average molecular weight is 208 g/mol. The van der Waals surface area contributed by atoms with Gasteiger partial charge in [-0.25, -0.2) is 0 Å². The smallest absolute Gasteiger partial charge is 0.225 e. The Hall–Kier alpha value is -0.570. The van der Waals surface area contributed by atoms with Crippen LogP contribution in [0.2, 0.25) is 0 Å². The zero-order chi connectivity index (χ0) is 10.4. The van der Waals surface area contributed by atoms with Crippen LogP contribution >= 0.6 is 0 Å². The summed E-state index contributed by atoms with van der Waals surface area (Å²) in [5.41, 5.74) is 0. The monoisotopic (exact) mass is 208 g/mol. The van der Waals surface area contributed by atoms with Crippen molar-refractivity contribution in [3.05, 3.63) is 0 Å². The quantitative estimate of drug-likeness (QED) is 0.730. The van der Waals surface area contributed by atoms with Crippen LogP contribution in [0.15, 0.2) is 0 Å². The Balaban J connectivity index is 1.58. The van der Waals surface area contributed by atoms with Crippen molar-refractivity contribution in [1.82, 2.24) is 10.2 Å². The number of carbonyl (C=O) groups excluding carboxylic acids is 1. The summed E-state index contributed by atoms with van der Waals surface area (Å²) in [6, 6.07) is 0.453. The third-order valence-electron chi connectivity index (χ3n) is 4.52. The van der Waals surface area contributed by atoms with Crippen molar-refractivity contribution in [1.29, 1.82) is 0 Å². The highest BCUT2D eigenvalue weighted by atomic mass is 16.2. The molecule has 0 radical (unpaired) electrons. The van der Waals surface area contributed by atoms with E-state index in [1.54, 1.807) is 0 Å². The fourth-order valence-electron chi connectivity index (χ4n) is 3.35. The predicted molar refractivity (Wildman–Crippen MR) is 58.4 cm³/mol. The Morgan fingerprint density at radius 2 is 2.00 bits per heavy atom.